The van der Waals surface area contributed by atoms with Gasteiger partial charge < -0.3 is 21.5 Å². The van der Waals surface area contributed by atoms with Crippen LogP contribution in [-0.4, -0.2) is 33.0 Å². The van der Waals surface area contributed by atoms with Gasteiger partial charge in [-0.05, 0) is 24.8 Å². The van der Waals surface area contributed by atoms with E-state index in [0.717, 1.165) is 17.5 Å². The van der Waals surface area contributed by atoms with Gasteiger partial charge in [0.05, 0.1) is 36.0 Å². The number of amides is 1. The summed E-state index contributed by atoms with van der Waals surface area (Å²) in [5.41, 5.74) is 15.1. The SMILES string of the molecule is CC(C)C1C[C@H](N)CC(c2ccncc2NC(=O)c2nc(-c3ccccc3)cnc2N)O1. The third-order valence-electron chi connectivity index (χ3n) is 5.67. The van der Waals surface area contributed by atoms with Crippen molar-refractivity contribution in [1.82, 2.24) is 15.0 Å². The fourth-order valence-corrected chi connectivity index (χ4v) is 3.91. The van der Waals surface area contributed by atoms with E-state index in [-0.39, 0.29) is 29.8 Å². The number of nitrogens with one attached hydrogen (secondary N) is 1. The van der Waals surface area contributed by atoms with Crippen LogP contribution in [0.3, 0.4) is 0 Å². The third kappa shape index (κ3) is 4.76. The van der Waals surface area contributed by atoms with Crippen LogP contribution in [0.2, 0.25) is 0 Å². The average molecular weight is 433 g/mol. The highest BCUT2D eigenvalue weighted by atomic mass is 16.5. The lowest BCUT2D eigenvalue weighted by Gasteiger charge is -2.36. The zero-order valence-electron chi connectivity index (χ0n) is 18.2. The van der Waals surface area contributed by atoms with E-state index in [0.29, 0.717) is 23.7 Å². The molecule has 1 aliphatic heterocycles. The number of carbonyl (C=O) groups is 1. The standard InChI is InChI=1S/C24H28N6O2/c1-14(2)20-10-16(25)11-21(32-20)17-8-9-27-12-19(17)30-24(31)22-23(26)28-13-18(29-22)15-6-4-3-5-7-15/h3-9,12-14,16,20-21H,10-11,25H2,1-2H3,(H2,26,28)(H,30,31)/t16-,20?,21?/m0/s1. The zero-order chi connectivity index (χ0) is 22.7. The van der Waals surface area contributed by atoms with Gasteiger partial charge in [-0.25, -0.2) is 9.97 Å². The van der Waals surface area contributed by atoms with Crippen LogP contribution in [0, 0.1) is 5.92 Å². The highest BCUT2D eigenvalue weighted by Gasteiger charge is 2.32. The lowest BCUT2D eigenvalue weighted by Crippen LogP contribution is -2.39. The highest BCUT2D eigenvalue weighted by molar-refractivity contribution is 6.06. The van der Waals surface area contributed by atoms with Gasteiger partial charge in [-0.1, -0.05) is 44.2 Å². The molecule has 0 spiro atoms. The van der Waals surface area contributed by atoms with Gasteiger partial charge in [-0.3, -0.25) is 9.78 Å². The van der Waals surface area contributed by atoms with Gasteiger partial charge in [0.2, 0.25) is 0 Å². The van der Waals surface area contributed by atoms with E-state index < -0.39 is 5.91 Å². The Hall–Kier alpha value is -3.36. The van der Waals surface area contributed by atoms with Gasteiger partial charge >= 0.3 is 0 Å². The Morgan fingerprint density at radius 1 is 1.16 bits per heavy atom. The summed E-state index contributed by atoms with van der Waals surface area (Å²) in [6, 6.07) is 11.4. The molecule has 3 heterocycles. The molecule has 1 fully saturated rings. The lowest BCUT2D eigenvalue weighted by molar-refractivity contribution is -0.0787. The second-order valence-electron chi connectivity index (χ2n) is 8.41. The van der Waals surface area contributed by atoms with Gasteiger partial charge in [0, 0.05) is 23.4 Å². The molecule has 0 bridgehead atoms. The number of aromatic nitrogens is 3. The lowest BCUT2D eigenvalue weighted by atomic mass is 9.90. The van der Waals surface area contributed by atoms with Crippen molar-refractivity contribution in [3.63, 3.8) is 0 Å². The molecule has 32 heavy (non-hydrogen) atoms. The molecule has 3 aromatic rings. The van der Waals surface area contributed by atoms with Crippen LogP contribution in [0.25, 0.3) is 11.3 Å². The maximum absolute atomic E-state index is 13.1. The molecule has 5 N–H and O–H groups in total. The first-order chi connectivity index (χ1) is 15.4. The van der Waals surface area contributed by atoms with Crippen molar-refractivity contribution in [2.75, 3.05) is 11.1 Å². The summed E-state index contributed by atoms with van der Waals surface area (Å²) >= 11 is 0. The zero-order valence-corrected chi connectivity index (χ0v) is 18.2. The molecule has 3 atom stereocenters. The maximum atomic E-state index is 13.1. The molecular weight excluding hydrogens is 404 g/mol. The van der Waals surface area contributed by atoms with E-state index in [4.69, 9.17) is 16.2 Å². The highest BCUT2D eigenvalue weighted by Crippen LogP contribution is 2.36. The van der Waals surface area contributed by atoms with E-state index in [1.165, 1.54) is 0 Å². The smallest absolute Gasteiger partial charge is 0.278 e. The molecule has 4 rings (SSSR count). The van der Waals surface area contributed by atoms with E-state index in [9.17, 15) is 4.79 Å². The number of ether oxygens (including phenoxy) is 1. The Morgan fingerprint density at radius 3 is 2.69 bits per heavy atom. The quantitative estimate of drug-likeness (QED) is 0.562. The summed E-state index contributed by atoms with van der Waals surface area (Å²) in [7, 11) is 0. The number of carbonyl (C=O) groups excluding carboxylic acids is 1. The van der Waals surface area contributed by atoms with Crippen molar-refractivity contribution >= 4 is 17.4 Å². The summed E-state index contributed by atoms with van der Waals surface area (Å²) in [6.45, 7) is 4.24. The van der Waals surface area contributed by atoms with Crippen molar-refractivity contribution in [3.05, 3.63) is 66.2 Å². The van der Waals surface area contributed by atoms with E-state index >= 15 is 0 Å². The van der Waals surface area contributed by atoms with Gasteiger partial charge in [-0.2, -0.15) is 0 Å². The Kier molecular flexibility index (Phi) is 6.43. The molecule has 1 amide bonds. The van der Waals surface area contributed by atoms with Crippen LogP contribution in [0.5, 0.6) is 0 Å². The number of rotatable bonds is 5. The molecule has 1 saturated heterocycles. The Labute approximate surface area is 187 Å². The largest absolute Gasteiger partial charge is 0.382 e. The summed E-state index contributed by atoms with van der Waals surface area (Å²) in [5, 5.41) is 2.90. The molecule has 0 radical (unpaired) electrons. The first-order valence-corrected chi connectivity index (χ1v) is 10.8. The van der Waals surface area contributed by atoms with Crippen molar-refractivity contribution in [2.45, 2.75) is 44.9 Å². The molecule has 166 valence electrons. The number of hydrogen-bond acceptors (Lipinski definition) is 7. The number of nitrogen functional groups attached to an aromatic ring is 1. The molecule has 1 aliphatic rings. The van der Waals surface area contributed by atoms with Gasteiger partial charge in [0.1, 0.15) is 0 Å². The molecular formula is C24H28N6O2. The minimum atomic E-state index is -0.456. The molecule has 0 saturated carbocycles. The topological polar surface area (TPSA) is 129 Å². The van der Waals surface area contributed by atoms with Crippen molar-refractivity contribution < 1.29 is 9.53 Å². The van der Waals surface area contributed by atoms with Crippen LogP contribution in [-0.2, 0) is 4.74 Å². The maximum Gasteiger partial charge on any atom is 0.278 e. The molecule has 2 aromatic heterocycles. The summed E-state index contributed by atoms with van der Waals surface area (Å²) in [4.78, 5) is 25.9. The molecule has 1 aromatic carbocycles. The summed E-state index contributed by atoms with van der Waals surface area (Å²) in [6.07, 6.45) is 6.16. The minimum Gasteiger partial charge on any atom is -0.382 e. The van der Waals surface area contributed by atoms with E-state index in [1.54, 1.807) is 18.6 Å². The number of anilines is 2. The average Bonchev–Trinajstić information content (AvgIpc) is 2.80. The third-order valence-corrected chi connectivity index (χ3v) is 5.67. The predicted octanol–water partition coefficient (Wildman–Crippen LogP) is 3.58. The fraction of sp³-hybridized carbons (Fsp3) is 0.333. The monoisotopic (exact) mass is 432 g/mol. The van der Waals surface area contributed by atoms with E-state index in [1.807, 2.05) is 36.4 Å². The molecule has 0 aliphatic carbocycles. The Morgan fingerprint density at radius 2 is 1.94 bits per heavy atom. The number of nitrogens with two attached hydrogens (primary N) is 2. The summed E-state index contributed by atoms with van der Waals surface area (Å²) < 4.78 is 6.32. The molecule has 8 heteroatoms. The van der Waals surface area contributed by atoms with Crippen molar-refractivity contribution in [3.8, 4) is 11.3 Å². The van der Waals surface area contributed by atoms with Crippen molar-refractivity contribution in [2.24, 2.45) is 11.7 Å². The normalized spacial score (nSPS) is 20.8. The first kappa shape index (κ1) is 21.9. The number of pyridine rings is 1. The first-order valence-electron chi connectivity index (χ1n) is 10.8. The molecule has 8 nitrogen and oxygen atoms in total. The van der Waals surface area contributed by atoms with E-state index in [2.05, 4.69) is 34.1 Å². The Bertz CT molecular complexity index is 1090. The fourth-order valence-electron chi connectivity index (χ4n) is 3.91. The molecule has 2 unspecified atom stereocenters. The van der Waals surface area contributed by atoms with Crippen LogP contribution in [0.4, 0.5) is 11.5 Å². The second-order valence-corrected chi connectivity index (χ2v) is 8.41. The second kappa shape index (κ2) is 9.42. The summed E-state index contributed by atoms with van der Waals surface area (Å²) in [5.74, 6) is -0.0505. The predicted molar refractivity (Wildman–Crippen MR) is 124 cm³/mol. The number of hydrogen-bond donors (Lipinski definition) is 3. The number of benzene rings is 1. The van der Waals surface area contributed by atoms with Crippen molar-refractivity contribution in [1.29, 1.82) is 0 Å². The van der Waals surface area contributed by atoms with Crippen LogP contribution >= 0.6 is 0 Å². The number of nitrogens with zero attached hydrogens (tertiary/aromatic N) is 3. The van der Waals surface area contributed by atoms with Crippen LogP contribution in [0.1, 0.15) is 48.8 Å². The van der Waals surface area contributed by atoms with Gasteiger partial charge in [-0.15, -0.1) is 0 Å². The Balaban J connectivity index is 1.60. The van der Waals surface area contributed by atoms with Gasteiger partial charge in [0.25, 0.3) is 5.91 Å². The van der Waals surface area contributed by atoms with Gasteiger partial charge in [0.15, 0.2) is 11.5 Å². The van der Waals surface area contributed by atoms with Crippen LogP contribution in [0.15, 0.2) is 55.0 Å². The van der Waals surface area contributed by atoms with Crippen LogP contribution < -0.4 is 16.8 Å². The minimum absolute atomic E-state index is 0.0296.